The molecule has 1 unspecified atom stereocenters. The maximum Gasteiger partial charge on any atom is 0.314 e. The lowest BCUT2D eigenvalue weighted by atomic mass is 9.77. The van der Waals surface area contributed by atoms with Gasteiger partial charge < -0.3 is 10.2 Å². The number of benzene rings is 1. The van der Waals surface area contributed by atoms with Crippen molar-refractivity contribution in [2.45, 2.75) is 25.7 Å². The molecule has 0 radical (unpaired) electrons. The third kappa shape index (κ3) is 2.21. The molecule has 1 rings (SSSR count). The zero-order valence-electron chi connectivity index (χ0n) is 9.23. The van der Waals surface area contributed by atoms with E-state index < -0.39 is 23.8 Å². The first-order chi connectivity index (χ1) is 7.38. The number of hydrogen-bond donors (Lipinski definition) is 2. The highest BCUT2D eigenvalue weighted by atomic mass is 16.4. The van der Waals surface area contributed by atoms with Crippen molar-refractivity contribution in [3.05, 3.63) is 35.4 Å². The Morgan fingerprint density at radius 1 is 1.25 bits per heavy atom. The summed E-state index contributed by atoms with van der Waals surface area (Å²) in [6.07, 6.45) is -0.423. The molecular formula is C12H14O4. The molecule has 0 bridgehead atoms. The average molecular weight is 222 g/mol. The van der Waals surface area contributed by atoms with Gasteiger partial charge in [0.15, 0.2) is 0 Å². The summed E-state index contributed by atoms with van der Waals surface area (Å²) in [5.41, 5.74) is -0.0458. The van der Waals surface area contributed by atoms with E-state index in [1.165, 1.54) is 6.92 Å². The molecule has 0 saturated heterocycles. The number of hydrogen-bond acceptors (Lipinski definition) is 2. The van der Waals surface area contributed by atoms with Gasteiger partial charge in [-0.15, -0.1) is 0 Å². The Balaban J connectivity index is 3.27. The number of carboxylic acids is 2. The molecule has 0 fully saturated rings. The normalized spacial score (nSPS) is 14.1. The molecule has 0 aliphatic heterocycles. The molecule has 4 nitrogen and oxygen atoms in total. The summed E-state index contributed by atoms with van der Waals surface area (Å²) < 4.78 is 0. The van der Waals surface area contributed by atoms with Gasteiger partial charge in [0.25, 0.3) is 0 Å². The fraction of sp³-hybridized carbons (Fsp3) is 0.333. The molecule has 0 saturated carbocycles. The van der Waals surface area contributed by atoms with E-state index in [-0.39, 0.29) is 0 Å². The van der Waals surface area contributed by atoms with Crippen molar-refractivity contribution < 1.29 is 19.8 Å². The second-order valence-electron chi connectivity index (χ2n) is 4.02. The second kappa shape index (κ2) is 4.35. The van der Waals surface area contributed by atoms with E-state index in [0.717, 1.165) is 5.56 Å². The molecule has 0 heterocycles. The lowest BCUT2D eigenvalue weighted by molar-refractivity contribution is -0.149. The Morgan fingerprint density at radius 3 is 2.25 bits per heavy atom. The Morgan fingerprint density at radius 2 is 1.81 bits per heavy atom. The van der Waals surface area contributed by atoms with Gasteiger partial charge in [-0.1, -0.05) is 24.3 Å². The molecule has 0 aromatic heterocycles. The van der Waals surface area contributed by atoms with Crippen LogP contribution in [-0.4, -0.2) is 22.2 Å². The minimum Gasteiger partial charge on any atom is -0.481 e. The van der Waals surface area contributed by atoms with Crippen molar-refractivity contribution in [2.24, 2.45) is 0 Å². The van der Waals surface area contributed by atoms with E-state index in [1.54, 1.807) is 31.2 Å². The molecule has 1 atom stereocenters. The molecule has 2 N–H and O–H groups in total. The standard InChI is InChI=1S/C12H14O4/c1-8-5-3-4-6-9(8)12(2,11(15)16)7-10(13)14/h3-6H,7H2,1-2H3,(H,13,14)(H,15,16). The summed E-state index contributed by atoms with van der Waals surface area (Å²) in [6, 6.07) is 6.94. The Kier molecular flexibility index (Phi) is 3.32. The third-order valence-corrected chi connectivity index (χ3v) is 2.72. The summed E-state index contributed by atoms with van der Waals surface area (Å²) >= 11 is 0. The summed E-state index contributed by atoms with van der Waals surface area (Å²) in [7, 11) is 0. The number of rotatable bonds is 4. The maximum atomic E-state index is 11.2. The van der Waals surface area contributed by atoms with Gasteiger partial charge in [-0.05, 0) is 25.0 Å². The Hall–Kier alpha value is -1.84. The smallest absolute Gasteiger partial charge is 0.314 e. The Labute approximate surface area is 93.5 Å². The van der Waals surface area contributed by atoms with Crippen molar-refractivity contribution in [1.29, 1.82) is 0 Å². The predicted molar refractivity (Wildman–Crippen MR) is 58.4 cm³/mol. The molecule has 16 heavy (non-hydrogen) atoms. The van der Waals surface area contributed by atoms with Gasteiger partial charge >= 0.3 is 11.9 Å². The molecular weight excluding hydrogens is 208 g/mol. The first-order valence-corrected chi connectivity index (χ1v) is 4.89. The highest BCUT2D eigenvalue weighted by molar-refractivity contribution is 5.87. The van der Waals surface area contributed by atoms with Crippen molar-refractivity contribution in [2.75, 3.05) is 0 Å². The molecule has 1 aromatic carbocycles. The summed E-state index contributed by atoms with van der Waals surface area (Å²) in [4.78, 5) is 22.0. The van der Waals surface area contributed by atoms with E-state index in [4.69, 9.17) is 5.11 Å². The number of carboxylic acid groups (broad SMARTS) is 2. The van der Waals surface area contributed by atoms with Crippen molar-refractivity contribution >= 4 is 11.9 Å². The summed E-state index contributed by atoms with van der Waals surface area (Å²) in [6.45, 7) is 3.21. The van der Waals surface area contributed by atoms with Gasteiger partial charge in [-0.2, -0.15) is 0 Å². The molecule has 1 aromatic rings. The van der Waals surface area contributed by atoms with Gasteiger partial charge in [-0.25, -0.2) is 0 Å². The topological polar surface area (TPSA) is 74.6 Å². The van der Waals surface area contributed by atoms with Crippen LogP contribution in [0.5, 0.6) is 0 Å². The van der Waals surface area contributed by atoms with E-state index in [9.17, 15) is 14.7 Å². The van der Waals surface area contributed by atoms with Crippen LogP contribution in [0.4, 0.5) is 0 Å². The van der Waals surface area contributed by atoms with Crippen LogP contribution in [0.25, 0.3) is 0 Å². The van der Waals surface area contributed by atoms with Gasteiger partial charge in [0, 0.05) is 0 Å². The second-order valence-corrected chi connectivity index (χ2v) is 4.02. The van der Waals surface area contributed by atoms with Crippen LogP contribution in [-0.2, 0) is 15.0 Å². The van der Waals surface area contributed by atoms with Gasteiger partial charge in [0.05, 0.1) is 6.42 Å². The van der Waals surface area contributed by atoms with Crippen LogP contribution in [0, 0.1) is 6.92 Å². The van der Waals surface area contributed by atoms with E-state index >= 15 is 0 Å². The summed E-state index contributed by atoms with van der Waals surface area (Å²) in [5, 5.41) is 18.0. The molecule has 4 heteroatoms. The highest BCUT2D eigenvalue weighted by Crippen LogP contribution is 2.30. The predicted octanol–water partition coefficient (Wildman–Crippen LogP) is 1.81. The lowest BCUT2D eigenvalue weighted by Crippen LogP contribution is -2.35. The molecule has 0 aliphatic rings. The van der Waals surface area contributed by atoms with Crippen LogP contribution in [0.3, 0.4) is 0 Å². The van der Waals surface area contributed by atoms with Crippen molar-refractivity contribution in [1.82, 2.24) is 0 Å². The van der Waals surface area contributed by atoms with Crippen LogP contribution in [0.2, 0.25) is 0 Å². The zero-order valence-corrected chi connectivity index (χ0v) is 9.23. The van der Waals surface area contributed by atoms with Crippen molar-refractivity contribution in [3.8, 4) is 0 Å². The van der Waals surface area contributed by atoms with Crippen LogP contribution in [0.1, 0.15) is 24.5 Å². The average Bonchev–Trinajstić information content (AvgIpc) is 2.16. The third-order valence-electron chi connectivity index (χ3n) is 2.72. The van der Waals surface area contributed by atoms with E-state index in [2.05, 4.69) is 0 Å². The van der Waals surface area contributed by atoms with Crippen LogP contribution < -0.4 is 0 Å². The largest absolute Gasteiger partial charge is 0.481 e. The van der Waals surface area contributed by atoms with Crippen LogP contribution in [0.15, 0.2) is 24.3 Å². The molecule has 0 amide bonds. The van der Waals surface area contributed by atoms with E-state index in [0.29, 0.717) is 5.56 Å². The van der Waals surface area contributed by atoms with E-state index in [1.807, 2.05) is 0 Å². The molecule has 0 spiro atoms. The molecule has 86 valence electrons. The monoisotopic (exact) mass is 222 g/mol. The quantitative estimate of drug-likeness (QED) is 0.814. The first kappa shape index (κ1) is 12.2. The minimum absolute atomic E-state index is 0.423. The fourth-order valence-corrected chi connectivity index (χ4v) is 1.78. The van der Waals surface area contributed by atoms with Crippen molar-refractivity contribution in [3.63, 3.8) is 0 Å². The zero-order chi connectivity index (χ0) is 12.3. The lowest BCUT2D eigenvalue weighted by Gasteiger charge is -2.25. The Bertz CT molecular complexity index is 425. The number of carbonyl (C=O) groups is 2. The number of aryl methyl sites for hydroxylation is 1. The summed E-state index contributed by atoms with van der Waals surface area (Å²) in [5.74, 6) is -2.24. The van der Waals surface area contributed by atoms with Gasteiger partial charge in [0.2, 0.25) is 0 Å². The highest BCUT2D eigenvalue weighted by Gasteiger charge is 2.38. The first-order valence-electron chi connectivity index (χ1n) is 4.89. The van der Waals surface area contributed by atoms with Gasteiger partial charge in [0.1, 0.15) is 5.41 Å². The fourth-order valence-electron chi connectivity index (χ4n) is 1.78. The van der Waals surface area contributed by atoms with Gasteiger partial charge in [-0.3, -0.25) is 9.59 Å². The minimum atomic E-state index is -1.38. The maximum absolute atomic E-state index is 11.2. The molecule has 0 aliphatic carbocycles. The SMILES string of the molecule is Cc1ccccc1C(C)(CC(=O)O)C(=O)O. The van der Waals surface area contributed by atoms with Crippen LogP contribution >= 0.6 is 0 Å². The number of aliphatic carboxylic acids is 2.